The maximum Gasteiger partial charge on any atom is 0.326 e. The number of nitrogens with zero attached hydrogens (tertiary/aromatic N) is 1. The van der Waals surface area contributed by atoms with Crippen molar-refractivity contribution in [1.29, 1.82) is 0 Å². The predicted molar refractivity (Wildman–Crippen MR) is 108 cm³/mol. The summed E-state index contributed by atoms with van der Waals surface area (Å²) in [5.74, 6) is -2.54. The molecule has 2 aliphatic heterocycles. The molecule has 10 heteroatoms. The lowest BCUT2D eigenvalue weighted by Crippen LogP contribution is -2.59. The Morgan fingerprint density at radius 1 is 1.10 bits per heavy atom. The Labute approximate surface area is 176 Å². The van der Waals surface area contributed by atoms with Crippen LogP contribution in [0.15, 0.2) is 0 Å². The lowest BCUT2D eigenvalue weighted by atomic mass is 10.0. The molecule has 0 aromatic heterocycles. The summed E-state index contributed by atoms with van der Waals surface area (Å²) < 4.78 is 0. The zero-order chi connectivity index (χ0) is 22.4. The minimum atomic E-state index is -1.31. The van der Waals surface area contributed by atoms with E-state index in [0.717, 1.165) is 19.4 Å². The highest BCUT2D eigenvalue weighted by Gasteiger charge is 2.40. The molecule has 0 bridgehead atoms. The molecule has 10 nitrogen and oxygen atoms in total. The van der Waals surface area contributed by atoms with Gasteiger partial charge in [-0.05, 0) is 51.5 Å². The molecule has 2 saturated heterocycles. The molecular formula is C20H34N4O6. The quantitative estimate of drug-likeness (QED) is 0.324. The summed E-state index contributed by atoms with van der Waals surface area (Å²) in [5.41, 5.74) is 0. The maximum atomic E-state index is 12.9. The third-order valence-corrected chi connectivity index (χ3v) is 5.58. The molecule has 170 valence electrons. The van der Waals surface area contributed by atoms with Gasteiger partial charge in [0.1, 0.15) is 18.1 Å². The van der Waals surface area contributed by atoms with Gasteiger partial charge in [0.05, 0.1) is 12.1 Å². The van der Waals surface area contributed by atoms with Crippen molar-refractivity contribution in [2.75, 3.05) is 13.1 Å². The summed E-state index contributed by atoms with van der Waals surface area (Å²) in [6, 6.07) is -3.43. The topological polar surface area (TPSA) is 148 Å². The number of aliphatic carboxylic acids is 1. The normalized spacial score (nSPS) is 24.4. The number of nitrogens with one attached hydrogen (secondary N) is 3. The highest BCUT2D eigenvalue weighted by atomic mass is 16.4. The first-order valence-electron chi connectivity index (χ1n) is 10.7. The van der Waals surface area contributed by atoms with Crippen molar-refractivity contribution in [3.63, 3.8) is 0 Å². The van der Waals surface area contributed by atoms with Gasteiger partial charge in [-0.2, -0.15) is 0 Å². The fraction of sp³-hybridized carbons (Fsp3) is 0.800. The van der Waals surface area contributed by atoms with Crippen LogP contribution in [0.5, 0.6) is 0 Å². The van der Waals surface area contributed by atoms with Crippen LogP contribution in [0, 0.1) is 5.92 Å². The van der Waals surface area contributed by atoms with Crippen molar-refractivity contribution >= 4 is 23.7 Å². The van der Waals surface area contributed by atoms with Gasteiger partial charge >= 0.3 is 5.97 Å². The Morgan fingerprint density at radius 3 is 2.33 bits per heavy atom. The number of hydrogen-bond donors (Lipinski definition) is 5. The molecule has 5 N–H and O–H groups in total. The Bertz CT molecular complexity index is 647. The van der Waals surface area contributed by atoms with Crippen molar-refractivity contribution in [3.05, 3.63) is 0 Å². The highest BCUT2D eigenvalue weighted by Crippen LogP contribution is 2.21. The van der Waals surface area contributed by atoms with Crippen LogP contribution in [0.1, 0.15) is 52.9 Å². The van der Waals surface area contributed by atoms with Gasteiger partial charge in [0.15, 0.2) is 0 Å². The summed E-state index contributed by atoms with van der Waals surface area (Å²) in [6.07, 6.45) is 1.79. The van der Waals surface area contributed by atoms with E-state index in [0.29, 0.717) is 19.4 Å². The van der Waals surface area contributed by atoms with Crippen molar-refractivity contribution in [1.82, 2.24) is 20.9 Å². The molecule has 5 atom stereocenters. The molecule has 3 amide bonds. The molecular weight excluding hydrogens is 392 g/mol. The molecule has 0 radical (unpaired) electrons. The number of carboxylic acids is 1. The van der Waals surface area contributed by atoms with Gasteiger partial charge in [-0.25, -0.2) is 4.79 Å². The Kier molecular flexibility index (Phi) is 8.60. The minimum Gasteiger partial charge on any atom is -0.480 e. The van der Waals surface area contributed by atoms with E-state index >= 15 is 0 Å². The zero-order valence-electron chi connectivity index (χ0n) is 17.9. The van der Waals surface area contributed by atoms with Crippen LogP contribution < -0.4 is 16.0 Å². The van der Waals surface area contributed by atoms with E-state index < -0.39 is 42.0 Å². The number of carboxylic acid groups (broad SMARTS) is 1. The molecule has 0 aromatic carbocycles. The molecule has 5 unspecified atom stereocenters. The predicted octanol–water partition coefficient (Wildman–Crippen LogP) is -0.789. The fourth-order valence-electron chi connectivity index (χ4n) is 4.01. The van der Waals surface area contributed by atoms with Crippen LogP contribution in [-0.2, 0) is 19.2 Å². The first-order chi connectivity index (χ1) is 14.1. The second-order valence-corrected chi connectivity index (χ2v) is 8.59. The molecule has 30 heavy (non-hydrogen) atoms. The summed E-state index contributed by atoms with van der Waals surface area (Å²) in [5, 5.41) is 27.4. The Balaban J connectivity index is 2.03. The van der Waals surface area contributed by atoms with Crippen LogP contribution in [-0.4, -0.2) is 82.2 Å². The molecule has 0 aromatic rings. The number of aliphatic hydroxyl groups is 1. The first kappa shape index (κ1) is 24.1. The van der Waals surface area contributed by atoms with Gasteiger partial charge in [-0.1, -0.05) is 13.8 Å². The summed E-state index contributed by atoms with van der Waals surface area (Å²) in [7, 11) is 0. The molecule has 0 spiro atoms. The minimum absolute atomic E-state index is 0.0354. The lowest BCUT2D eigenvalue weighted by molar-refractivity contribution is -0.144. The van der Waals surface area contributed by atoms with Crippen molar-refractivity contribution in [2.45, 2.75) is 83.1 Å². The van der Waals surface area contributed by atoms with Gasteiger partial charge in [0.2, 0.25) is 17.7 Å². The van der Waals surface area contributed by atoms with E-state index in [1.54, 1.807) is 0 Å². The SMILES string of the molecule is CC(C)CC(NC(=O)C(NC(=O)C1CCCN1C(=O)C1CCCN1)C(C)O)C(=O)O. The maximum absolute atomic E-state index is 12.9. The number of rotatable bonds is 9. The molecule has 0 aliphatic carbocycles. The van der Waals surface area contributed by atoms with Crippen LogP contribution in [0.4, 0.5) is 0 Å². The smallest absolute Gasteiger partial charge is 0.326 e. The third kappa shape index (κ3) is 6.15. The second-order valence-electron chi connectivity index (χ2n) is 8.59. The van der Waals surface area contributed by atoms with Crippen molar-refractivity contribution in [3.8, 4) is 0 Å². The van der Waals surface area contributed by atoms with Gasteiger partial charge in [-0.15, -0.1) is 0 Å². The number of hydrogen-bond acceptors (Lipinski definition) is 6. The summed E-state index contributed by atoms with van der Waals surface area (Å²) in [6.45, 7) is 6.26. The molecule has 0 saturated carbocycles. The van der Waals surface area contributed by atoms with E-state index in [4.69, 9.17) is 0 Å². The van der Waals surface area contributed by atoms with E-state index in [2.05, 4.69) is 16.0 Å². The van der Waals surface area contributed by atoms with Gasteiger partial charge in [0, 0.05) is 6.54 Å². The van der Waals surface area contributed by atoms with E-state index in [1.165, 1.54) is 11.8 Å². The van der Waals surface area contributed by atoms with Crippen molar-refractivity contribution in [2.24, 2.45) is 5.92 Å². The Morgan fingerprint density at radius 2 is 1.80 bits per heavy atom. The number of carbonyl (C=O) groups is 4. The monoisotopic (exact) mass is 426 g/mol. The number of aliphatic hydroxyl groups excluding tert-OH is 1. The largest absolute Gasteiger partial charge is 0.480 e. The molecule has 2 fully saturated rings. The van der Waals surface area contributed by atoms with Gasteiger partial charge in [0.25, 0.3) is 0 Å². The number of carbonyl (C=O) groups excluding carboxylic acids is 3. The van der Waals surface area contributed by atoms with Crippen molar-refractivity contribution < 1.29 is 29.4 Å². The summed E-state index contributed by atoms with van der Waals surface area (Å²) >= 11 is 0. The van der Waals surface area contributed by atoms with Crippen LogP contribution in [0.2, 0.25) is 0 Å². The van der Waals surface area contributed by atoms with Gasteiger partial charge < -0.3 is 31.1 Å². The molecule has 2 aliphatic rings. The molecule has 2 rings (SSSR count). The fourth-order valence-corrected chi connectivity index (χ4v) is 4.01. The zero-order valence-corrected chi connectivity index (χ0v) is 17.9. The standard InChI is InChI=1S/C20H34N4O6/c1-11(2)10-14(20(29)30)22-18(27)16(12(3)25)23-17(26)15-7-5-9-24(15)19(28)13-6-4-8-21-13/h11-16,21,25H,4-10H2,1-3H3,(H,22,27)(H,23,26)(H,29,30). The van der Waals surface area contributed by atoms with Crippen LogP contribution >= 0.6 is 0 Å². The van der Waals surface area contributed by atoms with E-state index in [9.17, 15) is 29.4 Å². The van der Waals surface area contributed by atoms with Crippen LogP contribution in [0.25, 0.3) is 0 Å². The Hall–Kier alpha value is -2.20. The lowest BCUT2D eigenvalue weighted by Gasteiger charge is -2.29. The average molecular weight is 427 g/mol. The average Bonchev–Trinajstić information content (AvgIpc) is 3.35. The second kappa shape index (κ2) is 10.7. The van der Waals surface area contributed by atoms with Gasteiger partial charge in [-0.3, -0.25) is 14.4 Å². The first-order valence-corrected chi connectivity index (χ1v) is 10.7. The van der Waals surface area contributed by atoms with E-state index in [1.807, 2.05) is 13.8 Å². The molecule has 2 heterocycles. The number of likely N-dealkylation sites (tertiary alicyclic amines) is 1. The highest BCUT2D eigenvalue weighted by molar-refractivity contribution is 5.94. The van der Waals surface area contributed by atoms with E-state index in [-0.39, 0.29) is 24.3 Å². The number of amides is 3. The third-order valence-electron chi connectivity index (χ3n) is 5.58. The summed E-state index contributed by atoms with van der Waals surface area (Å²) in [4.78, 5) is 51.2. The van der Waals surface area contributed by atoms with Crippen LogP contribution in [0.3, 0.4) is 0 Å².